The molecule has 1 heterocycles. The molecule has 8 nitrogen and oxygen atoms in total. The second kappa shape index (κ2) is 9.45. The first kappa shape index (κ1) is 21.4. The van der Waals surface area contributed by atoms with Gasteiger partial charge in [0.05, 0.1) is 18.7 Å². The average molecular weight is 428 g/mol. The molecule has 0 unspecified atom stereocenters. The number of nitrogens with zero attached hydrogens (tertiary/aromatic N) is 2. The highest BCUT2D eigenvalue weighted by molar-refractivity contribution is 8.15. The number of anilines is 1. The lowest BCUT2D eigenvalue weighted by atomic mass is 10.1. The molecule has 0 aliphatic carbocycles. The van der Waals surface area contributed by atoms with E-state index in [-0.39, 0.29) is 25.3 Å². The first-order valence-corrected chi connectivity index (χ1v) is 10.1. The lowest BCUT2D eigenvalue weighted by Crippen LogP contribution is -2.44. The van der Waals surface area contributed by atoms with Crippen LogP contribution >= 0.6 is 11.8 Å². The number of para-hydroxylation sites is 1. The van der Waals surface area contributed by atoms with E-state index in [1.54, 1.807) is 43.3 Å². The molecular formula is C21H20N2O6S. The highest BCUT2D eigenvalue weighted by Crippen LogP contribution is 2.33. The van der Waals surface area contributed by atoms with Crippen LogP contribution in [0.1, 0.15) is 22.8 Å². The van der Waals surface area contributed by atoms with Gasteiger partial charge in [0.2, 0.25) is 0 Å². The lowest BCUT2D eigenvalue weighted by Gasteiger charge is -2.27. The summed E-state index contributed by atoms with van der Waals surface area (Å²) in [6, 6.07) is 14.9. The van der Waals surface area contributed by atoms with Crippen LogP contribution in [0.4, 0.5) is 10.5 Å². The molecule has 0 saturated carbocycles. The maximum absolute atomic E-state index is 13.1. The molecule has 30 heavy (non-hydrogen) atoms. The second-order valence-electron chi connectivity index (χ2n) is 6.43. The van der Waals surface area contributed by atoms with E-state index >= 15 is 0 Å². The van der Waals surface area contributed by atoms with Gasteiger partial charge in [0.1, 0.15) is 6.54 Å². The zero-order chi connectivity index (χ0) is 21.7. The highest BCUT2D eigenvalue weighted by Gasteiger charge is 2.43. The van der Waals surface area contributed by atoms with Crippen LogP contribution in [0.3, 0.4) is 0 Å². The van der Waals surface area contributed by atoms with Gasteiger partial charge in [-0.15, -0.1) is 0 Å². The molecule has 2 aromatic rings. The van der Waals surface area contributed by atoms with Crippen molar-refractivity contribution in [2.24, 2.45) is 0 Å². The van der Waals surface area contributed by atoms with Gasteiger partial charge in [-0.25, -0.2) is 4.79 Å². The Bertz CT molecular complexity index is 965. The standard InChI is InChI=1S/C21H20N2O6S/c1-2-29-17(24)13-22(16-9-4-3-5-10-16)19-18(25)23(21(28)30-19)12-14-7-6-8-15(11-14)20(26)27/h3-11,19H,2,12-13H2,1H3,(H,26,27)/t19-/m1/s1. The molecule has 156 valence electrons. The molecule has 9 heteroatoms. The van der Waals surface area contributed by atoms with Crippen molar-refractivity contribution in [3.05, 3.63) is 65.7 Å². The average Bonchev–Trinajstić information content (AvgIpc) is 3.01. The molecule has 1 fully saturated rings. The minimum absolute atomic E-state index is 0.0513. The molecule has 3 rings (SSSR count). The summed E-state index contributed by atoms with van der Waals surface area (Å²) in [4.78, 5) is 51.5. The Hall–Kier alpha value is -3.33. The third-order valence-corrected chi connectivity index (χ3v) is 5.50. The van der Waals surface area contributed by atoms with Gasteiger partial charge < -0.3 is 14.7 Å². The van der Waals surface area contributed by atoms with Gasteiger partial charge in [-0.3, -0.25) is 19.3 Å². The fourth-order valence-corrected chi connectivity index (χ4v) is 4.06. The second-order valence-corrected chi connectivity index (χ2v) is 7.47. The summed E-state index contributed by atoms with van der Waals surface area (Å²) in [6.45, 7) is 1.66. The normalized spacial score (nSPS) is 15.9. The third kappa shape index (κ3) is 4.80. The van der Waals surface area contributed by atoms with Crippen molar-refractivity contribution in [2.45, 2.75) is 18.8 Å². The van der Waals surface area contributed by atoms with E-state index in [1.807, 2.05) is 6.07 Å². The molecule has 0 radical (unpaired) electrons. The van der Waals surface area contributed by atoms with Crippen molar-refractivity contribution < 1.29 is 29.0 Å². The monoisotopic (exact) mass is 428 g/mol. The van der Waals surface area contributed by atoms with Crippen molar-refractivity contribution >= 4 is 40.5 Å². The van der Waals surface area contributed by atoms with Crippen LogP contribution in [-0.4, -0.2) is 51.6 Å². The number of carboxylic acids is 1. The van der Waals surface area contributed by atoms with Gasteiger partial charge in [0.25, 0.3) is 11.1 Å². The number of carboxylic acid groups (broad SMARTS) is 1. The molecule has 2 aromatic carbocycles. The van der Waals surface area contributed by atoms with Crippen molar-refractivity contribution in [3.8, 4) is 0 Å². The minimum atomic E-state index is -1.09. The predicted molar refractivity (Wildman–Crippen MR) is 111 cm³/mol. The number of aromatic carboxylic acids is 1. The summed E-state index contributed by atoms with van der Waals surface area (Å²) >= 11 is 0.814. The van der Waals surface area contributed by atoms with Crippen molar-refractivity contribution in [2.75, 3.05) is 18.1 Å². The predicted octanol–water partition coefficient (Wildman–Crippen LogP) is 2.98. The zero-order valence-corrected chi connectivity index (χ0v) is 17.0. The number of esters is 1. The molecule has 1 saturated heterocycles. The Morgan fingerprint density at radius 1 is 1.13 bits per heavy atom. The number of carbonyl (C=O) groups excluding carboxylic acids is 3. The van der Waals surface area contributed by atoms with E-state index in [4.69, 9.17) is 9.84 Å². The van der Waals surface area contributed by atoms with Crippen LogP contribution in [0, 0.1) is 0 Å². The Morgan fingerprint density at radius 2 is 1.87 bits per heavy atom. The number of rotatable bonds is 8. The van der Waals surface area contributed by atoms with Crippen LogP contribution in [0.25, 0.3) is 0 Å². The summed E-state index contributed by atoms with van der Waals surface area (Å²) in [5, 5.41) is 7.75. The zero-order valence-electron chi connectivity index (χ0n) is 16.2. The fraction of sp³-hybridized carbons (Fsp3) is 0.238. The van der Waals surface area contributed by atoms with E-state index in [9.17, 15) is 19.2 Å². The number of thioether (sulfide) groups is 1. The maximum Gasteiger partial charge on any atom is 0.335 e. The van der Waals surface area contributed by atoms with Crippen LogP contribution in [0.2, 0.25) is 0 Å². The Kier molecular flexibility index (Phi) is 6.73. The summed E-state index contributed by atoms with van der Waals surface area (Å²) in [6.07, 6.45) is 0. The molecule has 1 N–H and O–H groups in total. The van der Waals surface area contributed by atoms with Gasteiger partial charge in [0, 0.05) is 5.69 Å². The SMILES string of the molecule is CCOC(=O)CN(c1ccccc1)[C@@H]1SC(=O)N(Cc2cccc(C(=O)O)c2)C1=O. The molecule has 1 atom stereocenters. The van der Waals surface area contributed by atoms with Gasteiger partial charge in [-0.05, 0) is 48.5 Å². The van der Waals surface area contributed by atoms with Crippen LogP contribution in [-0.2, 0) is 20.9 Å². The van der Waals surface area contributed by atoms with Crippen LogP contribution < -0.4 is 4.90 Å². The fourth-order valence-electron chi connectivity index (χ4n) is 3.03. The van der Waals surface area contributed by atoms with E-state index in [2.05, 4.69) is 0 Å². The number of imide groups is 1. The molecule has 0 aromatic heterocycles. The Balaban J connectivity index is 1.83. The maximum atomic E-state index is 13.1. The first-order valence-electron chi connectivity index (χ1n) is 9.22. The van der Waals surface area contributed by atoms with E-state index < -0.39 is 28.5 Å². The number of hydrogen-bond acceptors (Lipinski definition) is 7. The van der Waals surface area contributed by atoms with E-state index in [1.165, 1.54) is 17.0 Å². The number of benzene rings is 2. The summed E-state index contributed by atoms with van der Waals surface area (Å²) in [5.74, 6) is -2.07. The number of ether oxygens (including phenoxy) is 1. The Labute approximate surface area is 177 Å². The van der Waals surface area contributed by atoms with Gasteiger partial charge in [-0.1, -0.05) is 30.3 Å². The van der Waals surface area contributed by atoms with Crippen molar-refractivity contribution in [1.29, 1.82) is 0 Å². The van der Waals surface area contributed by atoms with Gasteiger partial charge in [-0.2, -0.15) is 0 Å². The summed E-state index contributed by atoms with van der Waals surface area (Å²) in [7, 11) is 0. The quantitative estimate of drug-likeness (QED) is 0.640. The molecule has 0 bridgehead atoms. The number of hydrogen-bond donors (Lipinski definition) is 1. The molecule has 0 spiro atoms. The highest BCUT2D eigenvalue weighted by atomic mass is 32.2. The molecule has 1 aliphatic heterocycles. The summed E-state index contributed by atoms with van der Waals surface area (Å²) < 4.78 is 5.02. The number of carbonyl (C=O) groups is 4. The first-order chi connectivity index (χ1) is 14.4. The van der Waals surface area contributed by atoms with Crippen molar-refractivity contribution in [1.82, 2.24) is 4.90 Å². The van der Waals surface area contributed by atoms with Crippen molar-refractivity contribution in [3.63, 3.8) is 0 Å². The largest absolute Gasteiger partial charge is 0.478 e. The van der Waals surface area contributed by atoms with E-state index in [0.717, 1.165) is 16.7 Å². The van der Waals surface area contributed by atoms with Gasteiger partial charge >= 0.3 is 11.9 Å². The smallest absolute Gasteiger partial charge is 0.335 e. The lowest BCUT2D eigenvalue weighted by molar-refractivity contribution is -0.141. The molecule has 2 amide bonds. The summed E-state index contributed by atoms with van der Waals surface area (Å²) in [5.41, 5.74) is 1.21. The third-order valence-electron chi connectivity index (χ3n) is 4.40. The number of amides is 2. The molecular weight excluding hydrogens is 408 g/mol. The van der Waals surface area contributed by atoms with Crippen LogP contribution in [0.15, 0.2) is 54.6 Å². The van der Waals surface area contributed by atoms with Gasteiger partial charge in [0.15, 0.2) is 5.37 Å². The topological polar surface area (TPSA) is 104 Å². The van der Waals surface area contributed by atoms with E-state index in [0.29, 0.717) is 11.3 Å². The Morgan fingerprint density at radius 3 is 2.53 bits per heavy atom. The minimum Gasteiger partial charge on any atom is -0.478 e. The van der Waals surface area contributed by atoms with Crippen LogP contribution in [0.5, 0.6) is 0 Å². The molecule has 1 aliphatic rings.